The van der Waals surface area contributed by atoms with Gasteiger partial charge < -0.3 is 4.74 Å². The van der Waals surface area contributed by atoms with E-state index in [9.17, 15) is 0 Å². The van der Waals surface area contributed by atoms with Crippen LogP contribution in [0.1, 0.15) is 11.1 Å². The monoisotopic (exact) mass is 351 g/mol. The molecule has 0 unspecified atom stereocenters. The van der Waals surface area contributed by atoms with Crippen LogP contribution in [0, 0.1) is 14.9 Å². The third-order valence-corrected chi connectivity index (χ3v) is 3.03. The van der Waals surface area contributed by atoms with Crippen LogP contribution in [0.25, 0.3) is 0 Å². The number of alkyl halides is 1. The Kier molecular flexibility index (Phi) is 4.00. The molecule has 0 saturated heterocycles. The first-order valence-corrected chi connectivity index (χ1v) is 5.75. The van der Waals surface area contributed by atoms with Gasteiger partial charge in [0.15, 0.2) is 0 Å². The Labute approximate surface area is 99.2 Å². The summed E-state index contributed by atoms with van der Waals surface area (Å²) in [4.78, 5) is 0. The van der Waals surface area contributed by atoms with Gasteiger partial charge in [-0.05, 0) is 40.3 Å². The third-order valence-electron chi connectivity index (χ3n) is 1.58. The first kappa shape index (κ1) is 10.8. The van der Waals surface area contributed by atoms with Gasteiger partial charge in [0.1, 0.15) is 11.8 Å². The molecule has 1 aromatic carbocycles. The van der Waals surface area contributed by atoms with Crippen LogP contribution in [-0.2, 0) is 5.33 Å². The maximum absolute atomic E-state index is 8.85. The lowest BCUT2D eigenvalue weighted by atomic mass is 10.1. The fourth-order valence-electron chi connectivity index (χ4n) is 1.02. The standard InChI is InChI=1S/C9H7BrINO/c1-13-9-7(5-12)2-6(4-10)3-8(9)11/h2-3H,4H2,1H3. The van der Waals surface area contributed by atoms with Crippen LogP contribution in [0.5, 0.6) is 5.75 Å². The van der Waals surface area contributed by atoms with Crippen LogP contribution < -0.4 is 4.74 Å². The number of hydrogen-bond acceptors (Lipinski definition) is 2. The summed E-state index contributed by atoms with van der Waals surface area (Å²) in [5.41, 5.74) is 1.67. The highest BCUT2D eigenvalue weighted by atomic mass is 127. The Morgan fingerprint density at radius 3 is 2.77 bits per heavy atom. The van der Waals surface area contributed by atoms with E-state index in [-0.39, 0.29) is 0 Å². The number of nitrogens with zero attached hydrogens (tertiary/aromatic N) is 1. The Hall–Kier alpha value is -0.280. The summed E-state index contributed by atoms with van der Waals surface area (Å²) in [7, 11) is 1.58. The minimum atomic E-state index is 0.587. The molecule has 0 N–H and O–H groups in total. The molecular formula is C9H7BrINO. The lowest BCUT2D eigenvalue weighted by molar-refractivity contribution is 0.410. The molecule has 0 aliphatic heterocycles. The second kappa shape index (κ2) is 4.82. The molecule has 0 amide bonds. The van der Waals surface area contributed by atoms with E-state index >= 15 is 0 Å². The maximum atomic E-state index is 8.85. The van der Waals surface area contributed by atoms with Gasteiger partial charge in [-0.1, -0.05) is 15.9 Å². The summed E-state index contributed by atoms with van der Waals surface area (Å²) < 4.78 is 6.09. The first-order chi connectivity index (χ1) is 6.22. The lowest BCUT2D eigenvalue weighted by Crippen LogP contribution is -1.93. The molecule has 0 atom stereocenters. The molecule has 13 heavy (non-hydrogen) atoms. The van der Waals surface area contributed by atoms with Crippen molar-refractivity contribution < 1.29 is 4.74 Å². The molecule has 0 radical (unpaired) electrons. The zero-order valence-corrected chi connectivity index (χ0v) is 10.7. The van der Waals surface area contributed by atoms with Crippen LogP contribution in [0.15, 0.2) is 12.1 Å². The fourth-order valence-corrected chi connectivity index (χ4v) is 2.25. The van der Waals surface area contributed by atoms with Crippen molar-refractivity contribution in [1.82, 2.24) is 0 Å². The number of methoxy groups -OCH3 is 1. The molecule has 0 spiro atoms. The molecule has 0 saturated carbocycles. The minimum Gasteiger partial charge on any atom is -0.494 e. The molecule has 1 rings (SSSR count). The maximum Gasteiger partial charge on any atom is 0.149 e. The molecule has 2 nitrogen and oxygen atoms in total. The molecule has 0 heterocycles. The number of rotatable bonds is 2. The molecule has 0 aromatic heterocycles. The van der Waals surface area contributed by atoms with Crippen LogP contribution in [-0.4, -0.2) is 7.11 Å². The second-order valence-corrected chi connectivity index (χ2v) is 4.13. The van der Waals surface area contributed by atoms with E-state index in [4.69, 9.17) is 10.00 Å². The minimum absolute atomic E-state index is 0.587. The Bertz CT molecular complexity index is 359. The Morgan fingerprint density at radius 2 is 2.31 bits per heavy atom. The Morgan fingerprint density at radius 1 is 1.62 bits per heavy atom. The van der Waals surface area contributed by atoms with Crippen LogP contribution in [0.2, 0.25) is 0 Å². The van der Waals surface area contributed by atoms with Crippen LogP contribution >= 0.6 is 38.5 Å². The van der Waals surface area contributed by atoms with Crippen molar-refractivity contribution in [1.29, 1.82) is 5.26 Å². The van der Waals surface area contributed by atoms with Gasteiger partial charge in [0.2, 0.25) is 0 Å². The average Bonchev–Trinajstić information content (AvgIpc) is 2.16. The van der Waals surface area contributed by atoms with Crippen molar-refractivity contribution in [3.63, 3.8) is 0 Å². The smallest absolute Gasteiger partial charge is 0.149 e. The van der Waals surface area contributed by atoms with E-state index in [0.29, 0.717) is 11.3 Å². The topological polar surface area (TPSA) is 33.0 Å². The third kappa shape index (κ3) is 2.35. The largest absolute Gasteiger partial charge is 0.494 e. The number of hydrogen-bond donors (Lipinski definition) is 0. The van der Waals surface area contributed by atoms with Crippen molar-refractivity contribution in [2.24, 2.45) is 0 Å². The SMILES string of the molecule is COc1c(I)cc(CBr)cc1C#N. The molecule has 68 valence electrons. The van der Waals surface area contributed by atoms with Crippen molar-refractivity contribution in [3.05, 3.63) is 26.8 Å². The summed E-state index contributed by atoms with van der Waals surface area (Å²) in [5, 5.41) is 9.60. The van der Waals surface area contributed by atoms with Gasteiger partial charge in [0.25, 0.3) is 0 Å². The quantitative estimate of drug-likeness (QED) is 0.606. The van der Waals surface area contributed by atoms with Crippen LogP contribution in [0.3, 0.4) is 0 Å². The van der Waals surface area contributed by atoms with Crippen molar-refractivity contribution in [2.75, 3.05) is 7.11 Å². The summed E-state index contributed by atoms with van der Waals surface area (Å²) >= 11 is 5.51. The van der Waals surface area contributed by atoms with Gasteiger partial charge in [-0.2, -0.15) is 5.26 Å². The van der Waals surface area contributed by atoms with Gasteiger partial charge in [-0.3, -0.25) is 0 Å². The zero-order valence-electron chi connectivity index (χ0n) is 6.97. The van der Waals surface area contributed by atoms with E-state index in [2.05, 4.69) is 44.6 Å². The summed E-state index contributed by atoms with van der Waals surface area (Å²) in [5.74, 6) is 0.660. The lowest BCUT2D eigenvalue weighted by Gasteiger charge is -2.06. The Balaban J connectivity index is 3.31. The van der Waals surface area contributed by atoms with Gasteiger partial charge in [-0.25, -0.2) is 0 Å². The average molecular weight is 352 g/mol. The second-order valence-electron chi connectivity index (χ2n) is 2.40. The highest BCUT2D eigenvalue weighted by molar-refractivity contribution is 14.1. The molecule has 1 aromatic rings. The van der Waals surface area contributed by atoms with E-state index < -0.39 is 0 Å². The summed E-state index contributed by atoms with van der Waals surface area (Å²) in [6.07, 6.45) is 0. The molecule has 4 heteroatoms. The normalized spacial score (nSPS) is 9.38. The van der Waals surface area contributed by atoms with Crippen molar-refractivity contribution in [2.45, 2.75) is 5.33 Å². The van der Waals surface area contributed by atoms with Gasteiger partial charge in [0, 0.05) is 5.33 Å². The van der Waals surface area contributed by atoms with Gasteiger partial charge in [0.05, 0.1) is 16.2 Å². The van der Waals surface area contributed by atoms with E-state index in [0.717, 1.165) is 14.5 Å². The predicted molar refractivity (Wildman–Crippen MR) is 63.1 cm³/mol. The number of nitriles is 1. The molecule has 0 bridgehead atoms. The first-order valence-electron chi connectivity index (χ1n) is 3.55. The van der Waals surface area contributed by atoms with Gasteiger partial charge in [-0.15, -0.1) is 0 Å². The molecule has 0 fully saturated rings. The van der Waals surface area contributed by atoms with E-state index in [1.807, 2.05) is 12.1 Å². The van der Waals surface area contributed by atoms with Gasteiger partial charge >= 0.3 is 0 Å². The van der Waals surface area contributed by atoms with Crippen molar-refractivity contribution >= 4 is 38.5 Å². The molecule has 0 aliphatic rings. The summed E-state index contributed by atoms with van der Waals surface area (Å²) in [6, 6.07) is 5.94. The fraction of sp³-hybridized carbons (Fsp3) is 0.222. The molecular weight excluding hydrogens is 345 g/mol. The zero-order chi connectivity index (χ0) is 9.84. The number of halogens is 2. The van der Waals surface area contributed by atoms with E-state index in [1.54, 1.807) is 7.11 Å². The summed E-state index contributed by atoms with van der Waals surface area (Å²) in [6.45, 7) is 0. The highest BCUT2D eigenvalue weighted by Gasteiger charge is 2.08. The number of ether oxygens (including phenoxy) is 1. The van der Waals surface area contributed by atoms with E-state index in [1.165, 1.54) is 0 Å². The predicted octanol–water partition coefficient (Wildman–Crippen LogP) is 3.07. The number of benzene rings is 1. The van der Waals surface area contributed by atoms with Crippen LogP contribution in [0.4, 0.5) is 0 Å². The molecule has 0 aliphatic carbocycles. The highest BCUT2D eigenvalue weighted by Crippen LogP contribution is 2.27. The van der Waals surface area contributed by atoms with Crippen molar-refractivity contribution in [3.8, 4) is 11.8 Å².